The van der Waals surface area contributed by atoms with E-state index < -0.39 is 33.9 Å². The quantitative estimate of drug-likeness (QED) is 0.306. The van der Waals surface area contributed by atoms with Crippen molar-refractivity contribution < 1.29 is 19.2 Å². The molecule has 0 aliphatic heterocycles. The van der Waals surface area contributed by atoms with Crippen molar-refractivity contribution in [2.75, 3.05) is 0 Å². The number of hydrogen-bond acceptors (Lipinski definition) is 4. The third-order valence-corrected chi connectivity index (χ3v) is 2.20. The highest BCUT2D eigenvalue weighted by atomic mass is 35.5. The minimum Gasteiger partial charge on any atom is -0.289 e. The largest absolute Gasteiger partial charge is 0.289 e. The molecule has 0 N–H and O–H groups in total. The molecule has 0 aromatic rings. The van der Waals surface area contributed by atoms with E-state index >= 15 is 0 Å². The molecule has 1 fully saturated rings. The van der Waals surface area contributed by atoms with Crippen LogP contribution < -0.4 is 0 Å². The molecule has 64 valence electrons. The number of Topliss-reactive ketones (excluding diaryl/α,β-unsaturated/α-hetero) is 4. The standard InChI is InChI=1S/C6H2Cl2O4/c7-1-3(9)5(11)2(8)6(12)4(1)10/h1-2H. The van der Waals surface area contributed by atoms with E-state index in [0.717, 1.165) is 0 Å². The maximum absolute atomic E-state index is 10.8. The number of alkyl halides is 2. The highest BCUT2D eigenvalue weighted by molar-refractivity contribution is 6.77. The predicted molar refractivity (Wildman–Crippen MR) is 39.3 cm³/mol. The van der Waals surface area contributed by atoms with Crippen LogP contribution in [0.4, 0.5) is 0 Å². The van der Waals surface area contributed by atoms with Gasteiger partial charge in [-0.1, -0.05) is 0 Å². The van der Waals surface area contributed by atoms with Crippen LogP contribution in [0.5, 0.6) is 0 Å². The van der Waals surface area contributed by atoms with Gasteiger partial charge in [-0.15, -0.1) is 23.2 Å². The van der Waals surface area contributed by atoms with Crippen molar-refractivity contribution >= 4 is 46.3 Å². The number of hydrogen-bond donors (Lipinski definition) is 0. The summed E-state index contributed by atoms with van der Waals surface area (Å²) < 4.78 is 0. The molecule has 0 saturated heterocycles. The smallest absolute Gasteiger partial charge is 0.226 e. The third kappa shape index (κ3) is 1.17. The molecule has 0 radical (unpaired) electrons. The minimum absolute atomic E-state index is 1.11. The molecule has 0 unspecified atom stereocenters. The molecule has 0 aromatic heterocycles. The molecule has 4 nitrogen and oxygen atoms in total. The fraction of sp³-hybridized carbons (Fsp3) is 0.333. The normalized spacial score (nSPS) is 31.2. The van der Waals surface area contributed by atoms with Gasteiger partial charge in [-0.05, 0) is 0 Å². The second kappa shape index (κ2) is 2.95. The highest BCUT2D eigenvalue weighted by Gasteiger charge is 2.46. The maximum Gasteiger partial charge on any atom is 0.226 e. The van der Waals surface area contributed by atoms with Crippen LogP contribution in [0, 0.1) is 0 Å². The van der Waals surface area contributed by atoms with Crippen molar-refractivity contribution in [2.24, 2.45) is 0 Å². The Labute approximate surface area is 76.8 Å². The number of carbonyl (C=O) groups is 4. The molecule has 1 rings (SSSR count). The van der Waals surface area contributed by atoms with Crippen molar-refractivity contribution in [3.63, 3.8) is 0 Å². The number of ketones is 4. The summed E-state index contributed by atoms with van der Waals surface area (Å²) in [6.45, 7) is 0. The fourth-order valence-corrected chi connectivity index (χ4v) is 1.17. The second-order valence-corrected chi connectivity index (χ2v) is 3.05. The zero-order valence-corrected chi connectivity index (χ0v) is 7.06. The lowest BCUT2D eigenvalue weighted by Gasteiger charge is -2.14. The molecule has 0 bridgehead atoms. The SMILES string of the molecule is O=C1C(=O)C(Cl)C(=O)C(=O)C1Cl. The lowest BCUT2D eigenvalue weighted by atomic mass is 9.94. The van der Waals surface area contributed by atoms with Gasteiger partial charge in [-0.25, -0.2) is 0 Å². The molecule has 1 saturated carbocycles. The van der Waals surface area contributed by atoms with E-state index in [2.05, 4.69) is 0 Å². The van der Waals surface area contributed by atoms with Gasteiger partial charge in [0, 0.05) is 0 Å². The van der Waals surface area contributed by atoms with Crippen LogP contribution in [0.1, 0.15) is 0 Å². The Balaban J connectivity index is 3.07. The van der Waals surface area contributed by atoms with E-state index in [9.17, 15) is 19.2 Å². The first-order valence-corrected chi connectivity index (χ1v) is 3.78. The number of rotatable bonds is 0. The summed E-state index contributed by atoms with van der Waals surface area (Å²) in [5.74, 6) is -4.44. The van der Waals surface area contributed by atoms with Crippen molar-refractivity contribution in [1.82, 2.24) is 0 Å². The van der Waals surface area contributed by atoms with E-state index in [0.29, 0.717) is 0 Å². The van der Waals surface area contributed by atoms with Crippen LogP contribution >= 0.6 is 23.2 Å². The first kappa shape index (κ1) is 9.35. The average molecular weight is 209 g/mol. The molecule has 0 aromatic carbocycles. The number of halogens is 2. The molecular formula is C6H2Cl2O4. The van der Waals surface area contributed by atoms with Gasteiger partial charge in [0.15, 0.2) is 10.8 Å². The van der Waals surface area contributed by atoms with Crippen molar-refractivity contribution in [3.8, 4) is 0 Å². The lowest BCUT2D eigenvalue weighted by molar-refractivity contribution is -0.147. The summed E-state index contributed by atoms with van der Waals surface area (Å²) >= 11 is 10.3. The Morgan fingerprint density at radius 3 is 1.00 bits per heavy atom. The average Bonchev–Trinajstić information content (AvgIpc) is 2.08. The van der Waals surface area contributed by atoms with E-state index in [1.54, 1.807) is 0 Å². The zero-order valence-electron chi connectivity index (χ0n) is 5.54. The zero-order chi connectivity index (χ0) is 9.46. The third-order valence-electron chi connectivity index (χ3n) is 1.41. The van der Waals surface area contributed by atoms with Gasteiger partial charge in [-0.3, -0.25) is 19.2 Å². The summed E-state index contributed by atoms with van der Waals surface area (Å²) in [5, 5.41) is -3.36. The Kier molecular flexibility index (Phi) is 2.30. The Morgan fingerprint density at radius 2 is 0.833 bits per heavy atom. The first-order chi connectivity index (χ1) is 5.46. The summed E-state index contributed by atoms with van der Waals surface area (Å²) in [6, 6.07) is 0. The molecule has 0 heterocycles. The summed E-state index contributed by atoms with van der Waals surface area (Å²) in [4.78, 5) is 43.0. The van der Waals surface area contributed by atoms with Crippen LogP contribution in [0.25, 0.3) is 0 Å². The van der Waals surface area contributed by atoms with Gasteiger partial charge < -0.3 is 0 Å². The van der Waals surface area contributed by atoms with Gasteiger partial charge in [-0.2, -0.15) is 0 Å². The highest BCUT2D eigenvalue weighted by Crippen LogP contribution is 2.15. The maximum atomic E-state index is 10.8. The van der Waals surface area contributed by atoms with E-state index in [1.165, 1.54) is 0 Å². The van der Waals surface area contributed by atoms with Gasteiger partial charge in [0.1, 0.15) is 0 Å². The van der Waals surface area contributed by atoms with Gasteiger partial charge in [0.2, 0.25) is 23.1 Å². The van der Waals surface area contributed by atoms with Crippen LogP contribution in [-0.4, -0.2) is 33.9 Å². The van der Waals surface area contributed by atoms with Crippen molar-refractivity contribution in [3.05, 3.63) is 0 Å². The van der Waals surface area contributed by atoms with Crippen LogP contribution in [0.15, 0.2) is 0 Å². The van der Waals surface area contributed by atoms with Crippen LogP contribution in [0.2, 0.25) is 0 Å². The Bertz CT molecular complexity index is 238. The first-order valence-electron chi connectivity index (χ1n) is 2.91. The van der Waals surface area contributed by atoms with E-state index in [4.69, 9.17) is 23.2 Å². The number of carbonyl (C=O) groups excluding carboxylic acids is 4. The van der Waals surface area contributed by atoms with Crippen LogP contribution in [-0.2, 0) is 19.2 Å². The monoisotopic (exact) mass is 208 g/mol. The molecule has 1 aliphatic rings. The molecule has 0 spiro atoms. The molecule has 6 heteroatoms. The summed E-state index contributed by atoms with van der Waals surface area (Å²) in [7, 11) is 0. The van der Waals surface area contributed by atoms with Crippen LogP contribution in [0.3, 0.4) is 0 Å². The molecular weight excluding hydrogens is 207 g/mol. The summed E-state index contributed by atoms with van der Waals surface area (Å²) in [5.41, 5.74) is 0. The molecule has 12 heavy (non-hydrogen) atoms. The Morgan fingerprint density at radius 1 is 0.667 bits per heavy atom. The second-order valence-electron chi connectivity index (χ2n) is 2.18. The Hall–Kier alpha value is -0.740. The van der Waals surface area contributed by atoms with E-state index in [1.807, 2.05) is 0 Å². The molecule has 0 amide bonds. The molecule has 1 aliphatic carbocycles. The lowest BCUT2D eigenvalue weighted by Crippen LogP contribution is -2.50. The minimum atomic E-state index is -1.68. The van der Waals surface area contributed by atoms with Gasteiger partial charge in [0.05, 0.1) is 0 Å². The topological polar surface area (TPSA) is 68.3 Å². The summed E-state index contributed by atoms with van der Waals surface area (Å²) in [6.07, 6.45) is 0. The van der Waals surface area contributed by atoms with Gasteiger partial charge >= 0.3 is 0 Å². The van der Waals surface area contributed by atoms with E-state index in [-0.39, 0.29) is 0 Å². The van der Waals surface area contributed by atoms with Crippen molar-refractivity contribution in [1.29, 1.82) is 0 Å². The van der Waals surface area contributed by atoms with Gasteiger partial charge in [0.25, 0.3) is 0 Å². The molecule has 0 atom stereocenters. The van der Waals surface area contributed by atoms with Crippen molar-refractivity contribution in [2.45, 2.75) is 10.8 Å². The predicted octanol–water partition coefficient (Wildman–Crippen LogP) is -0.509. The fourth-order valence-electron chi connectivity index (χ4n) is 0.738.